The number of anilines is 1. The molecule has 0 aromatic heterocycles. The number of rotatable bonds is 6. The van der Waals surface area contributed by atoms with Gasteiger partial charge in [0.25, 0.3) is 11.8 Å². The fraction of sp³-hybridized carbons (Fsp3) is 0.474. The number of carbonyl (C=O) groups is 4. The Bertz CT molecular complexity index is 1020. The van der Waals surface area contributed by atoms with Crippen molar-refractivity contribution in [3.8, 4) is 0 Å². The van der Waals surface area contributed by atoms with Gasteiger partial charge in [-0.1, -0.05) is 13.0 Å². The summed E-state index contributed by atoms with van der Waals surface area (Å²) in [4.78, 5) is 49.2. The fourth-order valence-electron chi connectivity index (χ4n) is 3.61. The van der Waals surface area contributed by atoms with E-state index >= 15 is 0 Å². The number of imide groups is 1. The number of benzene rings is 1. The average molecular weight is 452 g/mol. The SMILES string of the molecule is CC1CCC2(CC1)NC(=O)N(NC(=O)COC(=O)c1cccc(NS(C)(=O)=O)c1)C2=O. The van der Waals surface area contributed by atoms with Gasteiger partial charge in [0.15, 0.2) is 6.61 Å². The Kier molecular flexibility index (Phi) is 6.20. The maximum Gasteiger partial charge on any atom is 0.344 e. The number of carbonyl (C=O) groups excluding carboxylic acids is 4. The molecule has 168 valence electrons. The average Bonchev–Trinajstić information content (AvgIpc) is 2.91. The standard InChI is InChI=1S/C19H24N4O7S/c1-12-6-8-19(9-7-12)17(26)23(18(27)20-19)21-15(24)11-30-16(25)13-4-3-5-14(10-13)22-31(2,28)29/h3-5,10,12,22H,6-9,11H2,1-2H3,(H,20,27)(H,21,24). The Labute approximate surface area is 179 Å². The van der Waals surface area contributed by atoms with Crippen LogP contribution in [0.15, 0.2) is 24.3 Å². The molecule has 4 amide bonds. The fourth-order valence-corrected chi connectivity index (χ4v) is 4.17. The Morgan fingerprint density at radius 1 is 1.26 bits per heavy atom. The monoisotopic (exact) mass is 452 g/mol. The molecule has 1 aromatic rings. The summed E-state index contributed by atoms with van der Waals surface area (Å²) in [7, 11) is -3.53. The third-order valence-electron chi connectivity index (χ3n) is 5.26. The van der Waals surface area contributed by atoms with Crippen molar-refractivity contribution in [1.29, 1.82) is 0 Å². The predicted molar refractivity (Wildman–Crippen MR) is 109 cm³/mol. The zero-order chi connectivity index (χ0) is 22.8. The van der Waals surface area contributed by atoms with Gasteiger partial charge < -0.3 is 10.1 Å². The van der Waals surface area contributed by atoms with Crippen LogP contribution in [-0.2, 0) is 24.3 Å². The number of sulfonamides is 1. The van der Waals surface area contributed by atoms with Crippen molar-refractivity contribution >= 4 is 39.5 Å². The number of ether oxygens (including phenoxy) is 1. The Morgan fingerprint density at radius 3 is 2.58 bits per heavy atom. The van der Waals surface area contributed by atoms with Crippen LogP contribution < -0.4 is 15.5 Å². The number of nitrogens with zero attached hydrogens (tertiary/aromatic N) is 1. The molecule has 31 heavy (non-hydrogen) atoms. The number of esters is 1. The van der Waals surface area contributed by atoms with Crippen LogP contribution in [0.2, 0.25) is 0 Å². The number of hydrogen-bond acceptors (Lipinski definition) is 7. The van der Waals surface area contributed by atoms with Gasteiger partial charge in [0.05, 0.1) is 11.8 Å². The van der Waals surface area contributed by atoms with Crippen molar-refractivity contribution in [2.45, 2.75) is 38.1 Å². The molecule has 3 N–H and O–H groups in total. The highest BCUT2D eigenvalue weighted by atomic mass is 32.2. The van der Waals surface area contributed by atoms with E-state index in [1.807, 2.05) is 0 Å². The molecule has 12 heteroatoms. The number of hydrazine groups is 1. The van der Waals surface area contributed by atoms with Crippen LogP contribution in [-0.4, -0.2) is 55.6 Å². The maximum atomic E-state index is 12.7. The molecule has 0 bridgehead atoms. The third kappa shape index (κ3) is 5.32. The summed E-state index contributed by atoms with van der Waals surface area (Å²) in [5.74, 6) is -1.79. The van der Waals surface area contributed by atoms with E-state index in [4.69, 9.17) is 4.74 Å². The quantitative estimate of drug-likeness (QED) is 0.425. The van der Waals surface area contributed by atoms with Crippen molar-refractivity contribution in [3.63, 3.8) is 0 Å². The summed E-state index contributed by atoms with van der Waals surface area (Å²) in [6.07, 6.45) is 3.55. The van der Waals surface area contributed by atoms with Crippen LogP contribution in [0.4, 0.5) is 10.5 Å². The van der Waals surface area contributed by atoms with Crippen LogP contribution >= 0.6 is 0 Å². The molecule has 1 saturated heterocycles. The van der Waals surface area contributed by atoms with Crippen molar-refractivity contribution in [2.24, 2.45) is 5.92 Å². The zero-order valence-electron chi connectivity index (χ0n) is 17.1. The molecule has 2 fully saturated rings. The van der Waals surface area contributed by atoms with E-state index in [0.717, 1.165) is 19.1 Å². The lowest BCUT2D eigenvalue weighted by molar-refractivity contribution is -0.141. The molecule has 11 nitrogen and oxygen atoms in total. The zero-order valence-corrected chi connectivity index (χ0v) is 18.0. The largest absolute Gasteiger partial charge is 0.452 e. The van der Waals surface area contributed by atoms with Gasteiger partial charge in [-0.25, -0.2) is 18.0 Å². The highest BCUT2D eigenvalue weighted by molar-refractivity contribution is 7.92. The lowest BCUT2D eigenvalue weighted by atomic mass is 9.77. The van der Waals surface area contributed by atoms with Crippen LogP contribution in [0.3, 0.4) is 0 Å². The first-order valence-electron chi connectivity index (χ1n) is 9.70. The second kappa shape index (κ2) is 8.53. The lowest BCUT2D eigenvalue weighted by Gasteiger charge is -2.33. The first-order valence-corrected chi connectivity index (χ1v) is 11.6. The molecular weight excluding hydrogens is 428 g/mol. The van der Waals surface area contributed by atoms with Crippen molar-refractivity contribution in [3.05, 3.63) is 29.8 Å². The Balaban J connectivity index is 1.56. The van der Waals surface area contributed by atoms with E-state index in [2.05, 4.69) is 22.4 Å². The number of urea groups is 1. The lowest BCUT2D eigenvalue weighted by Crippen LogP contribution is -2.52. The van der Waals surface area contributed by atoms with Crippen LogP contribution in [0, 0.1) is 5.92 Å². The van der Waals surface area contributed by atoms with Crippen LogP contribution in [0.1, 0.15) is 43.0 Å². The summed E-state index contributed by atoms with van der Waals surface area (Å²) in [5.41, 5.74) is 1.36. The third-order valence-corrected chi connectivity index (χ3v) is 5.87. The Morgan fingerprint density at radius 2 is 1.94 bits per heavy atom. The molecule has 1 heterocycles. The Hall–Kier alpha value is -3.15. The predicted octanol–water partition coefficient (Wildman–Crippen LogP) is 0.747. The van der Waals surface area contributed by atoms with E-state index in [-0.39, 0.29) is 11.3 Å². The van der Waals surface area contributed by atoms with Crippen molar-refractivity contribution in [2.75, 3.05) is 17.6 Å². The second-order valence-electron chi connectivity index (χ2n) is 7.90. The van der Waals surface area contributed by atoms with Gasteiger partial charge in [-0.2, -0.15) is 5.01 Å². The minimum atomic E-state index is -3.53. The minimum Gasteiger partial charge on any atom is -0.452 e. The molecule has 1 saturated carbocycles. The van der Waals surface area contributed by atoms with E-state index < -0.39 is 46.0 Å². The first-order chi connectivity index (χ1) is 14.5. The maximum absolute atomic E-state index is 12.7. The summed E-state index contributed by atoms with van der Waals surface area (Å²) in [5, 5.41) is 3.30. The minimum absolute atomic E-state index is 0.0201. The number of nitrogens with one attached hydrogen (secondary N) is 3. The van der Waals surface area contributed by atoms with E-state index in [9.17, 15) is 27.6 Å². The van der Waals surface area contributed by atoms with Gasteiger partial charge in [-0.15, -0.1) is 0 Å². The van der Waals surface area contributed by atoms with Gasteiger partial charge >= 0.3 is 12.0 Å². The molecule has 0 unspecified atom stereocenters. The number of hydrogen-bond donors (Lipinski definition) is 3. The molecule has 1 aromatic carbocycles. The summed E-state index contributed by atoms with van der Waals surface area (Å²) >= 11 is 0. The first kappa shape index (κ1) is 22.5. The van der Waals surface area contributed by atoms with Gasteiger partial charge in [0.1, 0.15) is 5.54 Å². The molecule has 1 spiro atoms. The normalized spacial score (nSPS) is 23.4. The van der Waals surface area contributed by atoms with Gasteiger partial charge in [0.2, 0.25) is 10.0 Å². The van der Waals surface area contributed by atoms with E-state index in [1.54, 1.807) is 0 Å². The van der Waals surface area contributed by atoms with Gasteiger partial charge in [-0.3, -0.25) is 19.7 Å². The van der Waals surface area contributed by atoms with Gasteiger partial charge in [-0.05, 0) is 49.8 Å². The highest BCUT2D eigenvalue weighted by Gasteiger charge is 2.52. The molecule has 1 aliphatic heterocycles. The highest BCUT2D eigenvalue weighted by Crippen LogP contribution is 2.35. The molecule has 0 radical (unpaired) electrons. The molecule has 1 aliphatic carbocycles. The number of amides is 4. The van der Waals surface area contributed by atoms with E-state index in [1.165, 1.54) is 24.3 Å². The van der Waals surface area contributed by atoms with Gasteiger partial charge in [0, 0.05) is 5.69 Å². The van der Waals surface area contributed by atoms with Crippen LogP contribution in [0.5, 0.6) is 0 Å². The second-order valence-corrected chi connectivity index (χ2v) is 9.65. The molecular formula is C19H24N4O7S. The molecule has 3 rings (SSSR count). The molecule has 2 aliphatic rings. The topological polar surface area (TPSA) is 151 Å². The van der Waals surface area contributed by atoms with Crippen molar-refractivity contribution in [1.82, 2.24) is 15.8 Å². The summed E-state index contributed by atoms with van der Waals surface area (Å²) < 4.78 is 29.7. The summed E-state index contributed by atoms with van der Waals surface area (Å²) in [6, 6.07) is 4.82. The van der Waals surface area contributed by atoms with Crippen molar-refractivity contribution < 1.29 is 32.3 Å². The van der Waals surface area contributed by atoms with E-state index in [0.29, 0.717) is 23.8 Å². The molecule has 0 atom stereocenters. The van der Waals surface area contributed by atoms with Crippen LogP contribution in [0.25, 0.3) is 0 Å². The smallest absolute Gasteiger partial charge is 0.344 e. The summed E-state index contributed by atoms with van der Waals surface area (Å²) in [6.45, 7) is 1.35.